The molecule has 1 aromatic heterocycles. The largest absolute Gasteiger partial charge is 0.382 e. The summed E-state index contributed by atoms with van der Waals surface area (Å²) in [4.78, 5) is 4.56. The third kappa shape index (κ3) is 2.43. The van der Waals surface area contributed by atoms with E-state index in [1.807, 2.05) is 62.4 Å². The molecular weight excluding hydrogens is 246 g/mol. The van der Waals surface area contributed by atoms with Crippen LogP contribution < -0.4 is 0 Å². The topological polar surface area (TPSA) is 33.1 Å². The maximum atomic E-state index is 10.5. The van der Waals surface area contributed by atoms with Crippen molar-refractivity contribution in [3.63, 3.8) is 0 Å². The monoisotopic (exact) mass is 263 g/mol. The lowest BCUT2D eigenvalue weighted by molar-refractivity contribution is 0.215. The van der Waals surface area contributed by atoms with Crippen molar-refractivity contribution < 1.29 is 5.11 Å². The Bertz CT molecular complexity index is 744. The van der Waals surface area contributed by atoms with Crippen molar-refractivity contribution in [2.45, 2.75) is 20.0 Å². The Morgan fingerprint density at radius 2 is 1.60 bits per heavy atom. The molecule has 1 unspecified atom stereocenters. The standard InChI is InChI=1S/C18H17NO/c1-12-9-13(2)11-15(10-12)18(20)17-8-7-14-5-3-4-6-16(14)19-17/h3-11,18,20H,1-2H3. The number of aryl methyl sites for hydroxylation is 2. The highest BCUT2D eigenvalue weighted by molar-refractivity contribution is 5.78. The molecule has 0 fully saturated rings. The molecule has 2 heteroatoms. The lowest BCUT2D eigenvalue weighted by Gasteiger charge is -2.13. The summed E-state index contributed by atoms with van der Waals surface area (Å²) in [6, 6.07) is 18.0. The molecule has 0 spiro atoms. The van der Waals surface area contributed by atoms with Gasteiger partial charge in [0.25, 0.3) is 0 Å². The van der Waals surface area contributed by atoms with E-state index < -0.39 is 6.10 Å². The van der Waals surface area contributed by atoms with Crippen molar-refractivity contribution in [1.82, 2.24) is 4.98 Å². The van der Waals surface area contributed by atoms with Gasteiger partial charge in [0.15, 0.2) is 0 Å². The van der Waals surface area contributed by atoms with E-state index in [9.17, 15) is 5.11 Å². The van der Waals surface area contributed by atoms with Gasteiger partial charge in [-0.3, -0.25) is 0 Å². The maximum Gasteiger partial charge on any atom is 0.121 e. The number of aliphatic hydroxyl groups is 1. The summed E-state index contributed by atoms with van der Waals surface area (Å²) in [5, 5.41) is 11.6. The summed E-state index contributed by atoms with van der Waals surface area (Å²) in [6.07, 6.45) is -0.682. The second kappa shape index (κ2) is 5.06. The number of hydrogen-bond acceptors (Lipinski definition) is 2. The van der Waals surface area contributed by atoms with Crippen LogP contribution >= 0.6 is 0 Å². The summed E-state index contributed by atoms with van der Waals surface area (Å²) >= 11 is 0. The smallest absolute Gasteiger partial charge is 0.121 e. The lowest BCUT2D eigenvalue weighted by Crippen LogP contribution is -2.03. The quantitative estimate of drug-likeness (QED) is 0.760. The van der Waals surface area contributed by atoms with Crippen molar-refractivity contribution in [2.75, 3.05) is 0 Å². The first-order chi connectivity index (χ1) is 9.63. The molecule has 3 aromatic rings. The minimum atomic E-state index is -0.682. The first-order valence-corrected chi connectivity index (χ1v) is 6.75. The Labute approximate surface area is 118 Å². The molecule has 0 radical (unpaired) electrons. The average Bonchev–Trinajstić information content (AvgIpc) is 2.45. The highest BCUT2D eigenvalue weighted by atomic mass is 16.3. The van der Waals surface area contributed by atoms with E-state index in [4.69, 9.17) is 0 Å². The van der Waals surface area contributed by atoms with Gasteiger partial charge >= 0.3 is 0 Å². The molecule has 1 heterocycles. The summed E-state index contributed by atoms with van der Waals surface area (Å²) < 4.78 is 0. The number of aliphatic hydroxyl groups excluding tert-OH is 1. The number of nitrogens with zero attached hydrogens (tertiary/aromatic N) is 1. The minimum Gasteiger partial charge on any atom is -0.382 e. The van der Waals surface area contributed by atoms with E-state index in [1.54, 1.807) is 0 Å². The van der Waals surface area contributed by atoms with E-state index in [0.29, 0.717) is 5.69 Å². The van der Waals surface area contributed by atoms with Gasteiger partial charge in [-0.05, 0) is 31.5 Å². The fraction of sp³-hybridized carbons (Fsp3) is 0.167. The highest BCUT2D eigenvalue weighted by Crippen LogP contribution is 2.24. The van der Waals surface area contributed by atoms with Crippen molar-refractivity contribution in [1.29, 1.82) is 0 Å². The Hall–Kier alpha value is -2.19. The number of rotatable bonds is 2. The zero-order valence-corrected chi connectivity index (χ0v) is 11.7. The minimum absolute atomic E-state index is 0.682. The van der Waals surface area contributed by atoms with Gasteiger partial charge in [0.05, 0.1) is 11.2 Å². The molecule has 3 rings (SSSR count). The van der Waals surface area contributed by atoms with E-state index in [1.165, 1.54) is 0 Å². The molecule has 0 amide bonds. The van der Waals surface area contributed by atoms with E-state index in [-0.39, 0.29) is 0 Å². The molecular formula is C18H17NO. The fourth-order valence-corrected chi connectivity index (χ4v) is 2.57. The lowest BCUT2D eigenvalue weighted by atomic mass is 10.0. The van der Waals surface area contributed by atoms with Gasteiger partial charge < -0.3 is 5.11 Å². The number of benzene rings is 2. The number of aromatic nitrogens is 1. The first-order valence-electron chi connectivity index (χ1n) is 6.75. The Morgan fingerprint density at radius 1 is 0.900 bits per heavy atom. The normalized spacial score (nSPS) is 12.6. The van der Waals surface area contributed by atoms with Gasteiger partial charge in [-0.2, -0.15) is 0 Å². The molecule has 0 bridgehead atoms. The van der Waals surface area contributed by atoms with Crippen molar-refractivity contribution in [3.05, 3.63) is 77.0 Å². The molecule has 0 aliphatic heterocycles. The van der Waals surface area contributed by atoms with Crippen LogP contribution in [-0.2, 0) is 0 Å². The number of fused-ring (bicyclic) bond motifs is 1. The zero-order valence-electron chi connectivity index (χ0n) is 11.7. The molecule has 0 saturated carbocycles. The van der Waals surface area contributed by atoms with E-state index >= 15 is 0 Å². The van der Waals surface area contributed by atoms with E-state index in [2.05, 4.69) is 11.1 Å². The van der Waals surface area contributed by atoms with Crippen LogP contribution in [0.4, 0.5) is 0 Å². The average molecular weight is 263 g/mol. The van der Waals surface area contributed by atoms with Gasteiger partial charge in [0, 0.05) is 5.39 Å². The zero-order chi connectivity index (χ0) is 14.1. The van der Waals surface area contributed by atoms with Crippen LogP contribution in [0.25, 0.3) is 10.9 Å². The van der Waals surface area contributed by atoms with Crippen molar-refractivity contribution in [2.24, 2.45) is 0 Å². The third-order valence-corrected chi connectivity index (χ3v) is 3.46. The Kier molecular flexibility index (Phi) is 3.25. The molecule has 0 saturated heterocycles. The van der Waals surface area contributed by atoms with Gasteiger partial charge in [-0.25, -0.2) is 4.98 Å². The highest BCUT2D eigenvalue weighted by Gasteiger charge is 2.13. The van der Waals surface area contributed by atoms with Crippen molar-refractivity contribution in [3.8, 4) is 0 Å². The summed E-state index contributed by atoms with van der Waals surface area (Å²) in [5.74, 6) is 0. The SMILES string of the molecule is Cc1cc(C)cc(C(O)c2ccc3ccccc3n2)c1. The summed E-state index contributed by atoms with van der Waals surface area (Å²) in [6.45, 7) is 4.08. The second-order valence-electron chi connectivity index (χ2n) is 5.25. The second-order valence-corrected chi connectivity index (χ2v) is 5.25. The van der Waals surface area contributed by atoms with Gasteiger partial charge in [0.2, 0.25) is 0 Å². The third-order valence-electron chi connectivity index (χ3n) is 3.46. The van der Waals surface area contributed by atoms with Crippen molar-refractivity contribution >= 4 is 10.9 Å². The number of para-hydroxylation sites is 1. The van der Waals surface area contributed by atoms with Crippen LogP contribution in [0, 0.1) is 13.8 Å². The number of hydrogen-bond donors (Lipinski definition) is 1. The molecule has 1 atom stereocenters. The maximum absolute atomic E-state index is 10.5. The molecule has 2 aromatic carbocycles. The predicted molar refractivity (Wildman–Crippen MR) is 81.7 cm³/mol. The van der Waals surface area contributed by atoms with Gasteiger partial charge in [0.1, 0.15) is 6.10 Å². The molecule has 20 heavy (non-hydrogen) atoms. The van der Waals surface area contributed by atoms with E-state index in [0.717, 1.165) is 27.6 Å². The van der Waals surface area contributed by atoms with Crippen LogP contribution in [0.2, 0.25) is 0 Å². The fourth-order valence-electron chi connectivity index (χ4n) is 2.57. The number of pyridine rings is 1. The van der Waals surface area contributed by atoms with Crippen LogP contribution in [-0.4, -0.2) is 10.1 Å². The Morgan fingerprint density at radius 3 is 2.35 bits per heavy atom. The molecule has 100 valence electrons. The van der Waals surface area contributed by atoms with Crippen LogP contribution in [0.15, 0.2) is 54.6 Å². The molecule has 0 aliphatic rings. The summed E-state index contributed by atoms with van der Waals surface area (Å²) in [7, 11) is 0. The molecule has 0 aliphatic carbocycles. The predicted octanol–water partition coefficient (Wildman–Crippen LogP) is 3.93. The first kappa shape index (κ1) is 12.8. The van der Waals surface area contributed by atoms with Gasteiger partial charge in [-0.1, -0.05) is 53.6 Å². The van der Waals surface area contributed by atoms with Crippen LogP contribution in [0.5, 0.6) is 0 Å². The summed E-state index contributed by atoms with van der Waals surface area (Å²) in [5.41, 5.74) is 4.80. The Balaban J connectivity index is 2.05. The van der Waals surface area contributed by atoms with Gasteiger partial charge in [-0.15, -0.1) is 0 Å². The van der Waals surface area contributed by atoms with Crippen LogP contribution in [0.1, 0.15) is 28.5 Å². The molecule has 1 N–H and O–H groups in total. The van der Waals surface area contributed by atoms with Crippen LogP contribution in [0.3, 0.4) is 0 Å². The molecule has 2 nitrogen and oxygen atoms in total.